The summed E-state index contributed by atoms with van der Waals surface area (Å²) in [6, 6.07) is 7.40. The molecule has 0 saturated carbocycles. The van der Waals surface area contributed by atoms with Crippen LogP contribution in [0.3, 0.4) is 0 Å². The maximum absolute atomic E-state index is 11.9. The molecule has 0 aliphatic carbocycles. The van der Waals surface area contributed by atoms with E-state index in [0.717, 1.165) is 22.7 Å². The van der Waals surface area contributed by atoms with Crippen molar-refractivity contribution in [1.29, 1.82) is 0 Å². The van der Waals surface area contributed by atoms with Crippen LogP contribution in [-0.4, -0.2) is 43.9 Å². The topological polar surface area (TPSA) is 75.5 Å². The van der Waals surface area contributed by atoms with Gasteiger partial charge in [-0.25, -0.2) is 9.98 Å². The number of fused-ring (bicyclic) bond motifs is 1. The molecule has 0 fully saturated rings. The van der Waals surface area contributed by atoms with Crippen molar-refractivity contribution in [2.75, 3.05) is 20.8 Å². The van der Waals surface area contributed by atoms with Crippen LogP contribution < -0.4 is 10.2 Å². The predicted octanol–water partition coefficient (Wildman–Crippen LogP) is 1.65. The van der Waals surface area contributed by atoms with Crippen LogP contribution in [-0.2, 0) is 9.53 Å². The molecule has 2 aliphatic rings. The Morgan fingerprint density at radius 2 is 2.09 bits per heavy atom. The molecule has 7 heteroatoms. The van der Waals surface area contributed by atoms with Gasteiger partial charge in [0.15, 0.2) is 5.84 Å². The number of hydrogen-bond donors (Lipinski definition) is 1. The number of carbonyl (C=O) groups is 1. The zero-order valence-corrected chi connectivity index (χ0v) is 13.2. The summed E-state index contributed by atoms with van der Waals surface area (Å²) in [5, 5.41) is 1.87. The van der Waals surface area contributed by atoms with Crippen molar-refractivity contribution in [3.63, 3.8) is 0 Å². The minimum atomic E-state index is -0.315. The summed E-state index contributed by atoms with van der Waals surface area (Å²) in [5.74, 6) is 0.768. The van der Waals surface area contributed by atoms with E-state index in [-0.39, 0.29) is 11.9 Å². The third kappa shape index (κ3) is 2.77. The lowest BCUT2D eigenvalue weighted by Crippen LogP contribution is -2.41. The quantitative estimate of drug-likeness (QED) is 0.859. The maximum Gasteiger partial charge on any atom is 0.314 e. The molecule has 0 saturated heterocycles. The van der Waals surface area contributed by atoms with E-state index in [1.807, 2.05) is 36.2 Å². The van der Waals surface area contributed by atoms with Crippen LogP contribution in [0.1, 0.15) is 6.92 Å². The standard InChI is InChI=1S/C16H18N4O3/c1-10-13(16(21)23-3)8-20-14(10)15(17-9-18-20)19-11-4-6-12(22-2)7-5-11/h4-7,9,13H,8H2,1-3H3,(H,17,18,19). The summed E-state index contributed by atoms with van der Waals surface area (Å²) in [6.07, 6.45) is 1.57. The van der Waals surface area contributed by atoms with Crippen LogP contribution in [0.15, 0.2) is 45.5 Å². The SMILES string of the molecule is COC(=O)C1CN2NC=NC(=Nc3ccc(OC)cc3)C2=C1C. The molecular formula is C16H18N4O3. The van der Waals surface area contributed by atoms with Crippen molar-refractivity contribution in [2.24, 2.45) is 15.9 Å². The van der Waals surface area contributed by atoms with Gasteiger partial charge in [-0.1, -0.05) is 0 Å². The molecule has 0 radical (unpaired) electrons. The molecule has 1 N–H and O–H groups in total. The fourth-order valence-electron chi connectivity index (χ4n) is 2.68. The van der Waals surface area contributed by atoms with Crippen molar-refractivity contribution in [2.45, 2.75) is 6.92 Å². The number of carbonyl (C=O) groups excluding carboxylic acids is 1. The van der Waals surface area contributed by atoms with E-state index in [4.69, 9.17) is 9.47 Å². The number of benzene rings is 1. The van der Waals surface area contributed by atoms with Gasteiger partial charge in [-0.05, 0) is 36.8 Å². The third-order valence-corrected chi connectivity index (χ3v) is 3.94. The van der Waals surface area contributed by atoms with Gasteiger partial charge in [0.25, 0.3) is 0 Å². The number of esters is 1. The molecule has 1 atom stereocenters. The number of methoxy groups -OCH3 is 2. The Bertz CT molecular complexity index is 707. The van der Waals surface area contributed by atoms with E-state index in [1.54, 1.807) is 13.4 Å². The second kappa shape index (κ2) is 6.12. The average Bonchev–Trinajstić information content (AvgIpc) is 2.93. The Balaban J connectivity index is 1.96. The van der Waals surface area contributed by atoms with E-state index in [9.17, 15) is 4.79 Å². The first-order valence-electron chi connectivity index (χ1n) is 7.22. The van der Waals surface area contributed by atoms with Crippen molar-refractivity contribution in [1.82, 2.24) is 10.4 Å². The highest BCUT2D eigenvalue weighted by molar-refractivity contribution is 6.06. The Hall–Kier alpha value is -2.83. The van der Waals surface area contributed by atoms with Crippen molar-refractivity contribution >= 4 is 23.8 Å². The third-order valence-electron chi connectivity index (χ3n) is 3.94. The number of hydrazine groups is 1. The first-order valence-corrected chi connectivity index (χ1v) is 7.22. The molecule has 3 rings (SSSR count). The van der Waals surface area contributed by atoms with Crippen LogP contribution in [0.25, 0.3) is 0 Å². The van der Waals surface area contributed by atoms with Gasteiger partial charge in [0, 0.05) is 0 Å². The first-order chi connectivity index (χ1) is 11.1. The largest absolute Gasteiger partial charge is 0.497 e. The minimum Gasteiger partial charge on any atom is -0.497 e. The highest BCUT2D eigenvalue weighted by Gasteiger charge is 2.37. The van der Waals surface area contributed by atoms with E-state index in [0.29, 0.717) is 12.4 Å². The van der Waals surface area contributed by atoms with Crippen LogP contribution in [0.2, 0.25) is 0 Å². The van der Waals surface area contributed by atoms with Gasteiger partial charge in [0.05, 0.1) is 32.4 Å². The number of nitrogens with zero attached hydrogens (tertiary/aromatic N) is 3. The summed E-state index contributed by atoms with van der Waals surface area (Å²) < 4.78 is 10.0. The predicted molar refractivity (Wildman–Crippen MR) is 86.6 cm³/mol. The minimum absolute atomic E-state index is 0.255. The highest BCUT2D eigenvalue weighted by Crippen LogP contribution is 2.31. The second-order valence-corrected chi connectivity index (χ2v) is 5.24. The highest BCUT2D eigenvalue weighted by atomic mass is 16.5. The molecule has 1 aromatic carbocycles. The summed E-state index contributed by atoms with van der Waals surface area (Å²) >= 11 is 0. The maximum atomic E-state index is 11.9. The van der Waals surface area contributed by atoms with E-state index >= 15 is 0 Å². The van der Waals surface area contributed by atoms with Gasteiger partial charge in [-0.3, -0.25) is 15.2 Å². The molecule has 0 aromatic heterocycles. The van der Waals surface area contributed by atoms with Crippen LogP contribution in [0.5, 0.6) is 5.75 Å². The number of aliphatic imine (C=N–C) groups is 2. The van der Waals surface area contributed by atoms with Gasteiger partial charge >= 0.3 is 5.97 Å². The molecule has 2 heterocycles. The van der Waals surface area contributed by atoms with Crippen molar-refractivity contribution in [3.8, 4) is 5.75 Å². The van der Waals surface area contributed by atoms with Crippen LogP contribution in [0, 0.1) is 5.92 Å². The lowest BCUT2D eigenvalue weighted by atomic mass is 10.0. The summed E-state index contributed by atoms with van der Waals surface area (Å²) in [5.41, 5.74) is 5.51. The monoisotopic (exact) mass is 314 g/mol. The molecule has 2 aliphatic heterocycles. The molecule has 7 nitrogen and oxygen atoms in total. The van der Waals surface area contributed by atoms with Gasteiger partial charge < -0.3 is 9.47 Å². The Labute approximate surface area is 134 Å². The number of amidine groups is 1. The van der Waals surface area contributed by atoms with Gasteiger partial charge in [-0.15, -0.1) is 0 Å². The van der Waals surface area contributed by atoms with E-state index in [2.05, 4.69) is 15.4 Å². The van der Waals surface area contributed by atoms with Crippen LogP contribution in [0.4, 0.5) is 5.69 Å². The molecular weight excluding hydrogens is 296 g/mol. The molecule has 0 spiro atoms. The zero-order valence-electron chi connectivity index (χ0n) is 13.2. The van der Waals surface area contributed by atoms with Crippen molar-refractivity contribution in [3.05, 3.63) is 35.5 Å². The average molecular weight is 314 g/mol. The number of hydrogen-bond acceptors (Lipinski definition) is 6. The molecule has 120 valence electrons. The molecule has 0 bridgehead atoms. The second-order valence-electron chi connectivity index (χ2n) is 5.24. The lowest BCUT2D eigenvalue weighted by Gasteiger charge is -2.25. The van der Waals surface area contributed by atoms with Crippen molar-refractivity contribution < 1.29 is 14.3 Å². The van der Waals surface area contributed by atoms with E-state index in [1.165, 1.54) is 7.11 Å². The fraction of sp³-hybridized carbons (Fsp3) is 0.312. The lowest BCUT2D eigenvalue weighted by molar-refractivity contribution is -0.144. The van der Waals surface area contributed by atoms with E-state index < -0.39 is 0 Å². The Kier molecular flexibility index (Phi) is 4.01. The fourth-order valence-corrected chi connectivity index (χ4v) is 2.68. The zero-order chi connectivity index (χ0) is 16.4. The van der Waals surface area contributed by atoms with Gasteiger partial charge in [-0.2, -0.15) is 0 Å². The number of ether oxygens (including phenoxy) is 2. The van der Waals surface area contributed by atoms with Gasteiger partial charge in [0.1, 0.15) is 17.8 Å². The molecule has 0 amide bonds. The van der Waals surface area contributed by atoms with Crippen LogP contribution >= 0.6 is 0 Å². The number of nitrogens with one attached hydrogen (secondary N) is 1. The summed E-state index contributed by atoms with van der Waals surface area (Å²) in [6.45, 7) is 2.41. The molecule has 1 unspecified atom stereocenters. The summed E-state index contributed by atoms with van der Waals surface area (Å²) in [7, 11) is 3.02. The first kappa shape index (κ1) is 15.1. The van der Waals surface area contributed by atoms with Gasteiger partial charge in [0.2, 0.25) is 0 Å². The molecule has 1 aromatic rings. The smallest absolute Gasteiger partial charge is 0.314 e. The summed E-state index contributed by atoms with van der Waals surface area (Å²) in [4.78, 5) is 20.8. The normalized spacial score (nSPS) is 21.3. The molecule has 23 heavy (non-hydrogen) atoms. The Morgan fingerprint density at radius 1 is 1.35 bits per heavy atom. The Morgan fingerprint density at radius 3 is 2.74 bits per heavy atom. The number of rotatable bonds is 3.